The molecule has 0 saturated carbocycles. The van der Waals surface area contributed by atoms with E-state index in [-0.39, 0.29) is 18.4 Å². The maximum Gasteiger partial charge on any atom is 0.227 e. The smallest absolute Gasteiger partial charge is 0.227 e. The number of amides is 1. The van der Waals surface area contributed by atoms with Crippen molar-refractivity contribution < 1.29 is 9.90 Å². The number of aryl methyl sites for hydroxylation is 1. The quantitative estimate of drug-likeness (QED) is 0.817. The van der Waals surface area contributed by atoms with Crippen molar-refractivity contribution in [3.05, 3.63) is 29.3 Å². The van der Waals surface area contributed by atoms with E-state index in [0.29, 0.717) is 0 Å². The Balaban J connectivity index is 2.77. The highest BCUT2D eigenvalue weighted by Gasteiger charge is 2.12. The van der Waals surface area contributed by atoms with Crippen LogP contribution >= 0.6 is 0 Å². The van der Waals surface area contributed by atoms with Crippen LogP contribution in [0.5, 0.6) is 0 Å². The van der Waals surface area contributed by atoms with Crippen LogP contribution < -0.4 is 5.32 Å². The second-order valence-electron chi connectivity index (χ2n) is 4.67. The third-order valence-electron chi connectivity index (χ3n) is 2.97. The number of carbonyl (C=O) groups is 1. The van der Waals surface area contributed by atoms with E-state index in [4.69, 9.17) is 5.11 Å². The molecule has 1 unspecified atom stereocenters. The van der Waals surface area contributed by atoms with Crippen LogP contribution in [0.3, 0.4) is 0 Å². The molecule has 0 heterocycles. The van der Waals surface area contributed by atoms with Crippen LogP contribution in [-0.2, 0) is 4.79 Å². The fourth-order valence-electron chi connectivity index (χ4n) is 1.84. The summed E-state index contributed by atoms with van der Waals surface area (Å²) in [5, 5.41) is 11.6. The van der Waals surface area contributed by atoms with Crippen LogP contribution in [0.4, 0.5) is 5.69 Å². The number of anilines is 1. The summed E-state index contributed by atoms with van der Waals surface area (Å²) in [5.41, 5.74) is 2.63. The first kappa shape index (κ1) is 15.3. The highest BCUT2D eigenvalue weighted by Crippen LogP contribution is 2.18. The fraction of sp³-hybridized carbons (Fsp3) is 0.438. The van der Waals surface area contributed by atoms with Crippen molar-refractivity contribution in [2.45, 2.75) is 33.6 Å². The Hall–Kier alpha value is -1.79. The fourth-order valence-corrected chi connectivity index (χ4v) is 1.84. The average molecular weight is 259 g/mol. The Morgan fingerprint density at radius 1 is 1.47 bits per heavy atom. The molecule has 0 aliphatic carbocycles. The summed E-state index contributed by atoms with van der Waals surface area (Å²) in [7, 11) is 0. The molecule has 0 fully saturated rings. The molecule has 3 heteroatoms. The molecule has 0 bridgehead atoms. The second-order valence-corrected chi connectivity index (χ2v) is 4.67. The number of hydrogen-bond donors (Lipinski definition) is 2. The van der Waals surface area contributed by atoms with E-state index in [1.54, 1.807) is 0 Å². The minimum absolute atomic E-state index is 0.0262. The molecule has 0 spiro atoms. The Morgan fingerprint density at radius 3 is 2.79 bits per heavy atom. The van der Waals surface area contributed by atoms with Gasteiger partial charge in [0.1, 0.15) is 6.61 Å². The Labute approximate surface area is 115 Å². The molecule has 3 nitrogen and oxygen atoms in total. The van der Waals surface area contributed by atoms with Gasteiger partial charge in [0.05, 0.1) is 0 Å². The maximum absolute atomic E-state index is 11.9. The van der Waals surface area contributed by atoms with E-state index >= 15 is 0 Å². The van der Waals surface area contributed by atoms with Crippen LogP contribution in [-0.4, -0.2) is 17.6 Å². The zero-order valence-electron chi connectivity index (χ0n) is 11.8. The van der Waals surface area contributed by atoms with Gasteiger partial charge in [-0.3, -0.25) is 4.79 Å². The normalized spacial score (nSPS) is 11.4. The highest BCUT2D eigenvalue weighted by atomic mass is 16.2. The number of nitrogens with one attached hydrogen (secondary N) is 1. The molecule has 0 aliphatic heterocycles. The van der Waals surface area contributed by atoms with Gasteiger partial charge in [-0.25, -0.2) is 0 Å². The lowest BCUT2D eigenvalue weighted by Gasteiger charge is -2.13. The van der Waals surface area contributed by atoms with E-state index in [2.05, 4.69) is 24.1 Å². The zero-order chi connectivity index (χ0) is 14.3. The minimum Gasteiger partial charge on any atom is -0.384 e. The van der Waals surface area contributed by atoms with Gasteiger partial charge < -0.3 is 10.4 Å². The molecule has 0 aliphatic rings. The SMILES string of the molecule is CCCC(C)C(=O)Nc1ccc(C#CCO)cc1C. The van der Waals surface area contributed by atoms with Gasteiger partial charge in [0.2, 0.25) is 5.91 Å². The number of aliphatic hydroxyl groups is 1. The number of carbonyl (C=O) groups excluding carboxylic acids is 1. The van der Waals surface area contributed by atoms with Crippen molar-refractivity contribution in [2.75, 3.05) is 11.9 Å². The van der Waals surface area contributed by atoms with Crippen molar-refractivity contribution in [1.82, 2.24) is 0 Å². The van der Waals surface area contributed by atoms with Gasteiger partial charge in [-0.1, -0.05) is 32.1 Å². The minimum atomic E-state index is -0.147. The monoisotopic (exact) mass is 259 g/mol. The van der Waals surface area contributed by atoms with Crippen molar-refractivity contribution >= 4 is 11.6 Å². The van der Waals surface area contributed by atoms with E-state index in [1.165, 1.54) is 0 Å². The van der Waals surface area contributed by atoms with Crippen LogP contribution in [0.1, 0.15) is 37.8 Å². The van der Waals surface area contributed by atoms with E-state index in [1.807, 2.05) is 32.0 Å². The molecule has 1 atom stereocenters. The van der Waals surface area contributed by atoms with Gasteiger partial charge in [0.25, 0.3) is 0 Å². The molecule has 2 N–H and O–H groups in total. The van der Waals surface area contributed by atoms with Crippen molar-refractivity contribution in [3.8, 4) is 11.8 Å². The Bertz CT molecular complexity index is 497. The maximum atomic E-state index is 11.9. The van der Waals surface area contributed by atoms with Crippen LogP contribution in [0.15, 0.2) is 18.2 Å². The summed E-state index contributed by atoms with van der Waals surface area (Å²) in [5.74, 6) is 5.53. The van der Waals surface area contributed by atoms with E-state index in [9.17, 15) is 4.79 Å². The molecule has 1 aromatic carbocycles. The molecule has 102 valence electrons. The third-order valence-corrected chi connectivity index (χ3v) is 2.97. The van der Waals surface area contributed by atoms with Crippen LogP contribution in [0, 0.1) is 24.7 Å². The summed E-state index contributed by atoms with van der Waals surface area (Å²) in [6.45, 7) is 5.80. The summed E-state index contributed by atoms with van der Waals surface area (Å²) >= 11 is 0. The molecule has 1 rings (SSSR count). The lowest BCUT2D eigenvalue weighted by Crippen LogP contribution is -2.20. The van der Waals surface area contributed by atoms with Crippen molar-refractivity contribution in [2.24, 2.45) is 5.92 Å². The zero-order valence-corrected chi connectivity index (χ0v) is 11.8. The molecular formula is C16H21NO2. The summed E-state index contributed by atoms with van der Waals surface area (Å²) in [4.78, 5) is 11.9. The van der Waals surface area contributed by atoms with E-state index < -0.39 is 0 Å². The van der Waals surface area contributed by atoms with Crippen LogP contribution in [0.2, 0.25) is 0 Å². The van der Waals surface area contributed by atoms with Crippen molar-refractivity contribution in [3.63, 3.8) is 0 Å². The van der Waals surface area contributed by atoms with Gasteiger partial charge in [-0.05, 0) is 37.1 Å². The molecule has 0 aromatic heterocycles. The molecule has 19 heavy (non-hydrogen) atoms. The Kier molecular flexibility index (Phi) is 6.11. The average Bonchev–Trinajstić information content (AvgIpc) is 2.39. The first-order valence-electron chi connectivity index (χ1n) is 6.59. The second kappa shape index (κ2) is 7.60. The molecule has 0 saturated heterocycles. The van der Waals surface area contributed by atoms with Gasteiger partial charge in [-0.2, -0.15) is 0 Å². The predicted molar refractivity (Wildman–Crippen MR) is 77.8 cm³/mol. The third kappa shape index (κ3) is 4.76. The van der Waals surface area contributed by atoms with Crippen LogP contribution in [0.25, 0.3) is 0 Å². The lowest BCUT2D eigenvalue weighted by atomic mass is 10.0. The molecule has 1 amide bonds. The van der Waals surface area contributed by atoms with E-state index in [0.717, 1.165) is 29.7 Å². The standard InChI is InChI=1S/C16H21NO2/c1-4-6-12(2)16(19)17-15-9-8-14(7-5-10-18)11-13(15)3/h8-9,11-12,18H,4,6,10H2,1-3H3,(H,17,19). The van der Waals surface area contributed by atoms with Gasteiger partial charge in [0, 0.05) is 17.2 Å². The van der Waals surface area contributed by atoms with Crippen molar-refractivity contribution in [1.29, 1.82) is 0 Å². The Morgan fingerprint density at radius 2 is 2.21 bits per heavy atom. The first-order chi connectivity index (χ1) is 9.08. The first-order valence-corrected chi connectivity index (χ1v) is 6.59. The topological polar surface area (TPSA) is 49.3 Å². The summed E-state index contributed by atoms with van der Waals surface area (Å²) in [6, 6.07) is 5.60. The van der Waals surface area contributed by atoms with Gasteiger partial charge >= 0.3 is 0 Å². The molecule has 0 radical (unpaired) electrons. The highest BCUT2D eigenvalue weighted by molar-refractivity contribution is 5.93. The lowest BCUT2D eigenvalue weighted by molar-refractivity contribution is -0.119. The number of rotatable bonds is 4. The largest absolute Gasteiger partial charge is 0.384 e. The predicted octanol–water partition coefficient (Wildman–Crippen LogP) is 2.71. The number of benzene rings is 1. The number of aliphatic hydroxyl groups excluding tert-OH is 1. The number of hydrogen-bond acceptors (Lipinski definition) is 2. The molecule has 1 aromatic rings. The van der Waals surface area contributed by atoms with Gasteiger partial charge in [-0.15, -0.1) is 0 Å². The summed E-state index contributed by atoms with van der Waals surface area (Å²) in [6.07, 6.45) is 1.90. The summed E-state index contributed by atoms with van der Waals surface area (Å²) < 4.78 is 0. The molecular weight excluding hydrogens is 238 g/mol. The van der Waals surface area contributed by atoms with Gasteiger partial charge in [0.15, 0.2) is 0 Å².